The quantitative estimate of drug-likeness (QED) is 0.535. The maximum atomic E-state index is 11.0. The molecule has 0 atom stereocenters. The van der Waals surface area contributed by atoms with Gasteiger partial charge >= 0.3 is 5.97 Å². The van der Waals surface area contributed by atoms with Crippen molar-refractivity contribution in [1.82, 2.24) is 5.43 Å². The molecule has 8 heteroatoms. The lowest BCUT2D eigenvalue weighted by molar-refractivity contribution is -0.120. The Morgan fingerprint density at radius 2 is 2.05 bits per heavy atom. The van der Waals surface area contributed by atoms with Gasteiger partial charge in [-0.25, -0.2) is 10.2 Å². The number of aromatic carboxylic acids is 1. The Morgan fingerprint density at radius 1 is 1.38 bits per heavy atom. The van der Waals surface area contributed by atoms with E-state index in [-0.39, 0.29) is 12.0 Å². The van der Waals surface area contributed by atoms with Crippen molar-refractivity contribution in [2.45, 2.75) is 13.3 Å². The molecular weight excluding hydrogens is 274 g/mol. The van der Waals surface area contributed by atoms with Crippen LogP contribution in [0.15, 0.2) is 34.5 Å². The highest BCUT2D eigenvalue weighted by Crippen LogP contribution is 2.09. The fraction of sp³-hybridized carbons (Fsp3) is 0.154. The summed E-state index contributed by atoms with van der Waals surface area (Å²) in [4.78, 5) is 21.6. The number of carbonyl (C=O) groups excluding carboxylic acids is 1. The Labute approximate surface area is 120 Å². The molecule has 1 aromatic carbocycles. The molecule has 1 aromatic rings. The normalized spacial score (nSPS) is 11.0. The van der Waals surface area contributed by atoms with Crippen LogP contribution in [0.4, 0.5) is 5.69 Å². The van der Waals surface area contributed by atoms with Gasteiger partial charge in [0.2, 0.25) is 0 Å². The van der Waals surface area contributed by atoms with Gasteiger partial charge in [0.1, 0.15) is 6.42 Å². The van der Waals surface area contributed by atoms with Gasteiger partial charge in [-0.05, 0) is 31.2 Å². The van der Waals surface area contributed by atoms with Crippen LogP contribution < -0.4 is 10.9 Å². The minimum absolute atomic E-state index is 0.183. The molecule has 1 amide bonds. The number of nitrogens with zero attached hydrogens (tertiary/aromatic N) is 3. The lowest BCUT2D eigenvalue weighted by Crippen LogP contribution is -2.18. The van der Waals surface area contributed by atoms with Crippen LogP contribution >= 0.6 is 0 Å². The monoisotopic (exact) mass is 287 g/mol. The summed E-state index contributed by atoms with van der Waals surface area (Å²) in [6, 6.07) is 7.74. The summed E-state index contributed by atoms with van der Waals surface area (Å²) in [5.41, 5.74) is 6.10. The highest BCUT2D eigenvalue weighted by atomic mass is 16.4. The van der Waals surface area contributed by atoms with Crippen LogP contribution in [0.2, 0.25) is 0 Å². The molecule has 0 fully saturated rings. The number of amides is 1. The molecule has 0 heterocycles. The van der Waals surface area contributed by atoms with Crippen molar-refractivity contribution in [2.75, 3.05) is 5.43 Å². The van der Waals surface area contributed by atoms with E-state index in [0.29, 0.717) is 11.4 Å². The third kappa shape index (κ3) is 5.98. The van der Waals surface area contributed by atoms with Crippen molar-refractivity contribution in [1.29, 1.82) is 5.26 Å². The van der Waals surface area contributed by atoms with Crippen molar-refractivity contribution in [3.05, 3.63) is 29.8 Å². The molecule has 0 spiro atoms. The molecule has 3 N–H and O–H groups in total. The molecule has 0 bridgehead atoms. The summed E-state index contributed by atoms with van der Waals surface area (Å²) in [5.74, 6) is -1.50. The van der Waals surface area contributed by atoms with E-state index >= 15 is 0 Å². The number of carboxylic acid groups (broad SMARTS) is 1. The molecule has 21 heavy (non-hydrogen) atoms. The Bertz CT molecular complexity index is 614. The number of hydrazone groups is 2. The molecular formula is C13H13N5O3. The number of hydrogen-bond donors (Lipinski definition) is 3. The zero-order valence-corrected chi connectivity index (χ0v) is 11.2. The highest BCUT2D eigenvalue weighted by Gasteiger charge is 2.00. The van der Waals surface area contributed by atoms with Gasteiger partial charge < -0.3 is 5.11 Å². The molecule has 0 aliphatic carbocycles. The van der Waals surface area contributed by atoms with Crippen molar-refractivity contribution in [2.24, 2.45) is 10.2 Å². The fourth-order valence-corrected chi connectivity index (χ4v) is 1.18. The molecule has 8 nitrogen and oxygen atoms in total. The lowest BCUT2D eigenvalue weighted by atomic mass is 10.2. The van der Waals surface area contributed by atoms with Crippen molar-refractivity contribution >= 4 is 29.5 Å². The number of carbonyl (C=O) groups is 2. The average Bonchev–Trinajstić information content (AvgIpc) is 2.46. The second-order valence-corrected chi connectivity index (χ2v) is 3.88. The predicted molar refractivity (Wildman–Crippen MR) is 77.0 cm³/mol. The summed E-state index contributed by atoms with van der Waals surface area (Å²) in [6.45, 7) is 1.62. The molecule has 0 saturated heterocycles. The van der Waals surface area contributed by atoms with Gasteiger partial charge in [0.05, 0.1) is 29.2 Å². The molecule has 0 aromatic heterocycles. The smallest absolute Gasteiger partial charge is 0.335 e. The van der Waals surface area contributed by atoms with Gasteiger partial charge in [0.25, 0.3) is 5.91 Å². The SMILES string of the molecule is CC(/C=N\Nc1ccc(C(=O)O)cc1)=N/NC(=O)CC#N. The van der Waals surface area contributed by atoms with Crippen LogP contribution in [-0.2, 0) is 4.79 Å². The average molecular weight is 287 g/mol. The van der Waals surface area contributed by atoms with Gasteiger partial charge in [-0.2, -0.15) is 15.5 Å². The second kappa shape index (κ2) is 8.06. The number of nitriles is 1. The molecule has 0 radical (unpaired) electrons. The molecule has 0 unspecified atom stereocenters. The standard InChI is InChI=1S/C13H13N5O3/c1-9(16-18-12(19)6-7-14)8-15-17-11-4-2-10(3-5-11)13(20)21/h2-5,8,17H,6H2,1H3,(H,18,19)(H,20,21)/b15-8-,16-9-. The van der Waals surface area contributed by atoms with E-state index in [9.17, 15) is 9.59 Å². The predicted octanol–water partition coefficient (Wildman–Crippen LogP) is 1.19. The van der Waals surface area contributed by atoms with E-state index in [2.05, 4.69) is 21.1 Å². The number of rotatable bonds is 6. The van der Waals surface area contributed by atoms with Crippen LogP contribution in [0.5, 0.6) is 0 Å². The van der Waals surface area contributed by atoms with Gasteiger partial charge in [-0.1, -0.05) is 0 Å². The number of nitrogens with one attached hydrogen (secondary N) is 2. The Kier molecular flexibility index (Phi) is 6.08. The largest absolute Gasteiger partial charge is 0.478 e. The Hall–Kier alpha value is -3.21. The number of anilines is 1. The maximum absolute atomic E-state index is 11.0. The Balaban J connectivity index is 2.50. The van der Waals surface area contributed by atoms with Crippen LogP contribution in [0.25, 0.3) is 0 Å². The third-order valence-electron chi connectivity index (χ3n) is 2.17. The second-order valence-electron chi connectivity index (χ2n) is 3.88. The maximum Gasteiger partial charge on any atom is 0.335 e. The van der Waals surface area contributed by atoms with Crippen molar-refractivity contribution in [3.63, 3.8) is 0 Å². The summed E-state index contributed by atoms with van der Waals surface area (Å²) >= 11 is 0. The lowest BCUT2D eigenvalue weighted by Gasteiger charge is -2.00. The summed E-state index contributed by atoms with van der Waals surface area (Å²) in [5, 5.41) is 24.6. The molecule has 0 aliphatic heterocycles. The zero-order valence-electron chi connectivity index (χ0n) is 11.2. The first-order valence-corrected chi connectivity index (χ1v) is 5.85. The van der Waals surface area contributed by atoms with Gasteiger partial charge in [0, 0.05) is 0 Å². The number of carboxylic acids is 1. The number of hydrogen-bond acceptors (Lipinski definition) is 6. The highest BCUT2D eigenvalue weighted by molar-refractivity contribution is 6.29. The number of benzene rings is 1. The van der Waals surface area contributed by atoms with E-state index in [1.807, 2.05) is 0 Å². The minimum atomic E-state index is -0.999. The summed E-state index contributed by atoms with van der Waals surface area (Å²) < 4.78 is 0. The van der Waals surface area contributed by atoms with Crippen LogP contribution in [-0.4, -0.2) is 28.9 Å². The molecule has 1 rings (SSSR count). The third-order valence-corrected chi connectivity index (χ3v) is 2.17. The first kappa shape index (κ1) is 15.8. The topological polar surface area (TPSA) is 127 Å². The Morgan fingerprint density at radius 3 is 2.62 bits per heavy atom. The van der Waals surface area contributed by atoms with Gasteiger partial charge in [0.15, 0.2) is 0 Å². The van der Waals surface area contributed by atoms with Crippen LogP contribution in [0, 0.1) is 11.3 Å². The van der Waals surface area contributed by atoms with Crippen molar-refractivity contribution < 1.29 is 14.7 Å². The first-order chi connectivity index (χ1) is 10.0. The van der Waals surface area contributed by atoms with E-state index in [1.165, 1.54) is 18.3 Å². The zero-order chi connectivity index (χ0) is 15.7. The van der Waals surface area contributed by atoms with Crippen LogP contribution in [0.3, 0.4) is 0 Å². The van der Waals surface area contributed by atoms with Crippen molar-refractivity contribution in [3.8, 4) is 6.07 Å². The molecule has 0 saturated carbocycles. The van der Waals surface area contributed by atoms with Gasteiger partial charge in [-0.15, -0.1) is 0 Å². The van der Waals surface area contributed by atoms with Crippen LogP contribution in [0.1, 0.15) is 23.7 Å². The van der Waals surface area contributed by atoms with E-state index in [4.69, 9.17) is 10.4 Å². The molecule has 108 valence electrons. The molecule has 0 aliphatic rings. The van der Waals surface area contributed by atoms with E-state index in [0.717, 1.165) is 0 Å². The summed E-state index contributed by atoms with van der Waals surface area (Å²) in [6.07, 6.45) is 1.11. The van der Waals surface area contributed by atoms with E-state index in [1.54, 1.807) is 25.1 Å². The fourth-order valence-electron chi connectivity index (χ4n) is 1.18. The first-order valence-electron chi connectivity index (χ1n) is 5.85. The van der Waals surface area contributed by atoms with E-state index < -0.39 is 11.9 Å². The summed E-state index contributed by atoms with van der Waals surface area (Å²) in [7, 11) is 0. The van der Waals surface area contributed by atoms with Gasteiger partial charge in [-0.3, -0.25) is 10.2 Å². The minimum Gasteiger partial charge on any atom is -0.478 e.